The van der Waals surface area contributed by atoms with Crippen LogP contribution in [-0.2, 0) is 6.54 Å². The molecule has 88 valence electrons. The molecule has 3 rings (SSSR count). The maximum atomic E-state index is 8.80. The molecule has 2 aliphatic carbocycles. The molecular formula is C14H17N3. The van der Waals surface area contributed by atoms with Crippen LogP contribution in [0.1, 0.15) is 36.9 Å². The first-order chi connectivity index (χ1) is 8.36. The van der Waals surface area contributed by atoms with Gasteiger partial charge in [-0.15, -0.1) is 0 Å². The minimum Gasteiger partial charge on any atom is -0.309 e. The summed E-state index contributed by atoms with van der Waals surface area (Å²) in [5.74, 6) is 1.83. The summed E-state index contributed by atoms with van der Waals surface area (Å²) in [4.78, 5) is 3.99. The topological polar surface area (TPSA) is 48.7 Å². The molecule has 3 nitrogen and oxygen atoms in total. The zero-order valence-electron chi connectivity index (χ0n) is 9.89. The van der Waals surface area contributed by atoms with Gasteiger partial charge in [-0.3, -0.25) is 0 Å². The minimum absolute atomic E-state index is 0.513. The van der Waals surface area contributed by atoms with Crippen molar-refractivity contribution in [3.8, 4) is 6.07 Å². The molecule has 1 N–H and O–H groups in total. The largest absolute Gasteiger partial charge is 0.309 e. The van der Waals surface area contributed by atoms with E-state index in [2.05, 4.69) is 16.4 Å². The van der Waals surface area contributed by atoms with Crippen molar-refractivity contribution < 1.29 is 0 Å². The van der Waals surface area contributed by atoms with Gasteiger partial charge in [-0.1, -0.05) is 0 Å². The Balaban J connectivity index is 1.60. The van der Waals surface area contributed by atoms with Crippen LogP contribution >= 0.6 is 0 Å². The first kappa shape index (κ1) is 10.7. The molecule has 2 aliphatic rings. The van der Waals surface area contributed by atoms with Crippen LogP contribution in [-0.4, -0.2) is 11.0 Å². The van der Waals surface area contributed by atoms with Crippen molar-refractivity contribution in [1.82, 2.24) is 10.3 Å². The van der Waals surface area contributed by atoms with Gasteiger partial charge in [-0.05, 0) is 55.2 Å². The predicted molar refractivity (Wildman–Crippen MR) is 65.0 cm³/mol. The lowest BCUT2D eigenvalue weighted by Crippen LogP contribution is -2.32. The molecular weight excluding hydrogens is 210 g/mol. The first-order valence-electron chi connectivity index (χ1n) is 6.45. The second-order valence-corrected chi connectivity index (χ2v) is 5.24. The summed E-state index contributed by atoms with van der Waals surface area (Å²) in [5.41, 5.74) is 1.68. The Bertz CT molecular complexity index is 429. The van der Waals surface area contributed by atoms with E-state index in [0.717, 1.165) is 18.4 Å². The number of nitrogens with one attached hydrogen (secondary N) is 1. The molecule has 0 radical (unpaired) electrons. The van der Waals surface area contributed by atoms with Gasteiger partial charge in [0.2, 0.25) is 0 Å². The summed E-state index contributed by atoms with van der Waals surface area (Å²) in [6.07, 6.45) is 7.31. The van der Waals surface area contributed by atoms with Crippen molar-refractivity contribution >= 4 is 0 Å². The molecule has 1 heterocycles. The molecule has 0 spiro atoms. The maximum Gasteiger partial charge on any atom is 0.140 e. The van der Waals surface area contributed by atoms with Gasteiger partial charge in [-0.2, -0.15) is 5.26 Å². The summed E-state index contributed by atoms with van der Waals surface area (Å²) in [6.45, 7) is 0.870. The molecule has 17 heavy (non-hydrogen) atoms. The summed E-state index contributed by atoms with van der Waals surface area (Å²) < 4.78 is 0. The highest BCUT2D eigenvalue weighted by Gasteiger charge is 2.40. The number of hydrogen-bond acceptors (Lipinski definition) is 3. The Morgan fingerprint density at radius 2 is 2.06 bits per heavy atom. The molecule has 0 unspecified atom stereocenters. The van der Waals surface area contributed by atoms with Crippen LogP contribution in [0.15, 0.2) is 18.3 Å². The van der Waals surface area contributed by atoms with E-state index in [1.165, 1.54) is 31.2 Å². The van der Waals surface area contributed by atoms with Crippen LogP contribution < -0.4 is 5.32 Å². The molecule has 0 bridgehead atoms. The molecule has 1 aromatic rings. The van der Waals surface area contributed by atoms with Gasteiger partial charge >= 0.3 is 0 Å². The van der Waals surface area contributed by atoms with Crippen LogP contribution in [0, 0.1) is 23.2 Å². The highest BCUT2D eigenvalue weighted by molar-refractivity contribution is 5.25. The summed E-state index contributed by atoms with van der Waals surface area (Å²) in [6, 6.07) is 6.67. The third kappa shape index (κ3) is 2.65. The van der Waals surface area contributed by atoms with Crippen LogP contribution in [0.25, 0.3) is 0 Å². The Kier molecular flexibility index (Phi) is 2.82. The second-order valence-electron chi connectivity index (χ2n) is 5.24. The van der Waals surface area contributed by atoms with Crippen molar-refractivity contribution in [2.75, 3.05) is 0 Å². The Morgan fingerprint density at radius 1 is 1.35 bits per heavy atom. The first-order valence-corrected chi connectivity index (χ1v) is 6.45. The Morgan fingerprint density at radius 3 is 2.65 bits per heavy atom. The highest BCUT2D eigenvalue weighted by atomic mass is 14.9. The third-order valence-corrected chi connectivity index (χ3v) is 3.74. The smallest absolute Gasteiger partial charge is 0.140 e. The fourth-order valence-corrected chi connectivity index (χ4v) is 2.51. The van der Waals surface area contributed by atoms with Gasteiger partial charge < -0.3 is 5.32 Å². The Labute approximate surface area is 102 Å². The second kappa shape index (κ2) is 4.46. The highest BCUT2D eigenvalue weighted by Crippen LogP contribution is 2.44. The van der Waals surface area contributed by atoms with Crippen LogP contribution in [0.2, 0.25) is 0 Å². The number of nitrogens with zero attached hydrogens (tertiary/aromatic N) is 2. The van der Waals surface area contributed by atoms with E-state index >= 15 is 0 Å². The van der Waals surface area contributed by atoms with E-state index in [4.69, 9.17) is 5.26 Å². The molecule has 2 saturated carbocycles. The average molecular weight is 227 g/mol. The monoisotopic (exact) mass is 227 g/mol. The molecule has 0 atom stereocenters. The van der Waals surface area contributed by atoms with E-state index in [0.29, 0.717) is 11.7 Å². The minimum atomic E-state index is 0.513. The number of hydrogen-bond donors (Lipinski definition) is 1. The quantitative estimate of drug-likeness (QED) is 0.839. The van der Waals surface area contributed by atoms with Gasteiger partial charge in [0.15, 0.2) is 0 Å². The van der Waals surface area contributed by atoms with Crippen molar-refractivity contribution in [3.05, 3.63) is 29.6 Å². The van der Waals surface area contributed by atoms with E-state index in [1.54, 1.807) is 6.20 Å². The number of nitriles is 1. The van der Waals surface area contributed by atoms with Crippen molar-refractivity contribution in [2.24, 2.45) is 11.8 Å². The van der Waals surface area contributed by atoms with Gasteiger partial charge in [0.1, 0.15) is 11.8 Å². The number of aromatic nitrogens is 1. The molecule has 3 heteroatoms. The molecule has 1 aromatic heterocycles. The summed E-state index contributed by atoms with van der Waals surface area (Å²) in [7, 11) is 0. The lowest BCUT2D eigenvalue weighted by atomic mass is 10.1. The third-order valence-electron chi connectivity index (χ3n) is 3.74. The van der Waals surface area contributed by atoms with Gasteiger partial charge in [0.25, 0.3) is 0 Å². The zero-order valence-corrected chi connectivity index (χ0v) is 9.89. The number of pyridine rings is 1. The lowest BCUT2D eigenvalue weighted by molar-refractivity contribution is 0.416. The lowest BCUT2D eigenvalue weighted by Gasteiger charge is -2.17. The molecule has 0 amide bonds. The van der Waals surface area contributed by atoms with E-state index in [1.807, 2.05) is 12.1 Å². The Hall–Kier alpha value is -1.40. The van der Waals surface area contributed by atoms with E-state index in [-0.39, 0.29) is 0 Å². The zero-order chi connectivity index (χ0) is 11.7. The summed E-state index contributed by atoms with van der Waals surface area (Å²) in [5, 5.41) is 12.5. The molecule has 0 aromatic carbocycles. The standard InChI is InChI=1S/C14H17N3/c15-8-13-7-10(5-6-16-13)9-17-14(11-1-2-11)12-3-4-12/h5-7,11-12,14,17H,1-4,9H2. The van der Waals surface area contributed by atoms with Gasteiger partial charge in [-0.25, -0.2) is 4.98 Å². The number of rotatable bonds is 5. The van der Waals surface area contributed by atoms with E-state index < -0.39 is 0 Å². The fourth-order valence-electron chi connectivity index (χ4n) is 2.51. The SMILES string of the molecule is N#Cc1cc(CNC(C2CC2)C2CC2)ccn1. The molecule has 2 fully saturated rings. The van der Waals surface area contributed by atoms with Crippen molar-refractivity contribution in [3.63, 3.8) is 0 Å². The maximum absolute atomic E-state index is 8.80. The summed E-state index contributed by atoms with van der Waals surface area (Å²) >= 11 is 0. The van der Waals surface area contributed by atoms with Crippen LogP contribution in [0.4, 0.5) is 0 Å². The fraction of sp³-hybridized carbons (Fsp3) is 0.571. The van der Waals surface area contributed by atoms with Crippen molar-refractivity contribution in [1.29, 1.82) is 5.26 Å². The molecule has 0 aliphatic heterocycles. The van der Waals surface area contributed by atoms with Crippen LogP contribution in [0.5, 0.6) is 0 Å². The predicted octanol–water partition coefficient (Wildman–Crippen LogP) is 2.23. The average Bonchev–Trinajstić information content (AvgIpc) is 3.22. The normalized spacial score (nSPS) is 19.3. The van der Waals surface area contributed by atoms with Gasteiger partial charge in [0, 0.05) is 18.8 Å². The van der Waals surface area contributed by atoms with Crippen molar-refractivity contribution in [2.45, 2.75) is 38.3 Å². The van der Waals surface area contributed by atoms with Gasteiger partial charge in [0.05, 0.1) is 0 Å². The van der Waals surface area contributed by atoms with Crippen LogP contribution in [0.3, 0.4) is 0 Å². The molecule has 0 saturated heterocycles. The van der Waals surface area contributed by atoms with E-state index in [9.17, 15) is 0 Å².